The third-order valence-corrected chi connectivity index (χ3v) is 8.76. The molecule has 1 aromatic carbocycles. The molecule has 3 N–H and O–H groups in total. The van der Waals surface area contributed by atoms with Crippen molar-refractivity contribution in [1.29, 1.82) is 0 Å². The van der Waals surface area contributed by atoms with Gasteiger partial charge in [-0.15, -0.1) is 0 Å². The second-order valence-electron chi connectivity index (χ2n) is 10.5. The minimum atomic E-state index is -1.27. The van der Waals surface area contributed by atoms with Gasteiger partial charge in [0.15, 0.2) is 0 Å². The summed E-state index contributed by atoms with van der Waals surface area (Å²) in [5.41, 5.74) is 2.41. The summed E-state index contributed by atoms with van der Waals surface area (Å²) in [5.74, 6) is -0.242. The zero-order valence-corrected chi connectivity index (χ0v) is 21.7. The predicted octanol–water partition coefficient (Wildman–Crippen LogP) is 5.60. The average molecular weight is 521 g/mol. The van der Waals surface area contributed by atoms with Crippen LogP contribution in [0.5, 0.6) is 5.75 Å². The van der Waals surface area contributed by atoms with Gasteiger partial charge in [-0.25, -0.2) is 4.79 Å². The molecule has 0 aromatic heterocycles. The highest BCUT2D eigenvalue weighted by Crippen LogP contribution is 2.41. The van der Waals surface area contributed by atoms with E-state index in [9.17, 15) is 20.1 Å². The molecule has 0 fully saturated rings. The maximum atomic E-state index is 13.0. The van der Waals surface area contributed by atoms with Gasteiger partial charge >= 0.3 is 5.97 Å². The Balaban J connectivity index is 2.05. The first-order valence-corrected chi connectivity index (χ1v) is 12.7. The molecule has 1 aliphatic carbocycles. The summed E-state index contributed by atoms with van der Waals surface area (Å²) in [6, 6.07) is 4.77. The van der Waals surface area contributed by atoms with Crippen LogP contribution >= 0.6 is 15.9 Å². The van der Waals surface area contributed by atoms with Crippen LogP contribution in [0.1, 0.15) is 82.1 Å². The van der Waals surface area contributed by atoms with Gasteiger partial charge in [-0.1, -0.05) is 39.2 Å². The molecular formula is C27H37BrO5. The largest absolute Gasteiger partial charge is 0.508 e. The number of aromatic hydroxyl groups is 1. The number of phenolic OH excluding ortho intramolecular Hbond substituents is 1. The monoisotopic (exact) mass is 520 g/mol. The van der Waals surface area contributed by atoms with Gasteiger partial charge in [0.2, 0.25) is 0 Å². The first kappa shape index (κ1) is 26.0. The molecule has 33 heavy (non-hydrogen) atoms. The molecule has 1 heterocycles. The van der Waals surface area contributed by atoms with Crippen LogP contribution in [0.2, 0.25) is 0 Å². The first-order valence-electron chi connectivity index (χ1n) is 11.8. The molecular weight excluding hydrogens is 484 g/mol. The maximum absolute atomic E-state index is 13.0. The summed E-state index contributed by atoms with van der Waals surface area (Å²) in [5, 5.41) is 32.4. The Morgan fingerprint density at radius 3 is 2.58 bits per heavy atom. The molecule has 1 aromatic rings. The smallest absolute Gasteiger partial charge is 0.338 e. The minimum absolute atomic E-state index is 0.145. The van der Waals surface area contributed by atoms with Crippen molar-refractivity contribution >= 4 is 21.9 Å². The molecule has 2 aliphatic rings. The Hall–Kier alpha value is -1.63. The number of hydrogen-bond acceptors (Lipinski definition) is 5. The van der Waals surface area contributed by atoms with Gasteiger partial charge in [-0.05, 0) is 96.4 Å². The number of alkyl halides is 1. The quantitative estimate of drug-likeness (QED) is 0.254. The number of aliphatic hydroxyl groups is 2. The zero-order valence-electron chi connectivity index (χ0n) is 20.2. The van der Waals surface area contributed by atoms with Crippen LogP contribution in [-0.4, -0.2) is 43.4 Å². The van der Waals surface area contributed by atoms with E-state index in [1.165, 1.54) is 22.8 Å². The number of esters is 1. The van der Waals surface area contributed by atoms with Crippen molar-refractivity contribution in [2.75, 3.05) is 0 Å². The van der Waals surface area contributed by atoms with Gasteiger partial charge in [0, 0.05) is 10.7 Å². The summed E-state index contributed by atoms with van der Waals surface area (Å²) in [4.78, 5) is 12.8. The highest BCUT2D eigenvalue weighted by Gasteiger charge is 2.37. The molecule has 0 saturated heterocycles. The Bertz CT molecular complexity index is 940. The van der Waals surface area contributed by atoms with Gasteiger partial charge in [0.05, 0.1) is 16.8 Å². The lowest BCUT2D eigenvalue weighted by molar-refractivity contribution is -0.0764. The number of carbonyl (C=O) groups excluding carboxylic acids is 1. The first-order chi connectivity index (χ1) is 15.3. The molecule has 6 heteroatoms. The van der Waals surface area contributed by atoms with E-state index < -0.39 is 23.3 Å². The summed E-state index contributed by atoms with van der Waals surface area (Å²) >= 11 is 3.70. The van der Waals surface area contributed by atoms with Crippen LogP contribution in [0.25, 0.3) is 0 Å². The maximum Gasteiger partial charge on any atom is 0.338 e. The Morgan fingerprint density at radius 2 is 1.91 bits per heavy atom. The van der Waals surface area contributed by atoms with Gasteiger partial charge in [-0.3, -0.25) is 0 Å². The van der Waals surface area contributed by atoms with Gasteiger partial charge in [0.1, 0.15) is 11.9 Å². The summed E-state index contributed by atoms with van der Waals surface area (Å²) < 4.78 is 5.72. The normalized spacial score (nSPS) is 30.2. The Kier molecular flexibility index (Phi) is 7.82. The number of cyclic esters (lactones) is 1. The van der Waals surface area contributed by atoms with Crippen LogP contribution in [0, 0.1) is 5.92 Å². The third-order valence-electron chi connectivity index (χ3n) is 7.31. The number of benzene rings is 1. The lowest BCUT2D eigenvalue weighted by Gasteiger charge is -2.35. The van der Waals surface area contributed by atoms with Crippen LogP contribution in [0.15, 0.2) is 41.5 Å². The van der Waals surface area contributed by atoms with E-state index in [4.69, 9.17) is 4.74 Å². The number of hydrogen-bond donors (Lipinski definition) is 3. The molecule has 5 nitrogen and oxygen atoms in total. The summed E-state index contributed by atoms with van der Waals surface area (Å²) in [6.07, 6.45) is 3.88. The van der Waals surface area contributed by atoms with Gasteiger partial charge < -0.3 is 20.1 Å². The topological polar surface area (TPSA) is 87.0 Å². The minimum Gasteiger partial charge on any atom is -0.508 e. The molecule has 1 aliphatic heterocycles. The van der Waals surface area contributed by atoms with Gasteiger partial charge in [0.25, 0.3) is 0 Å². The molecule has 0 radical (unpaired) electrons. The van der Waals surface area contributed by atoms with E-state index in [-0.39, 0.29) is 16.5 Å². The number of halogens is 1. The number of ether oxygens (including phenoxy) is 1. The molecule has 2 bridgehead atoms. The van der Waals surface area contributed by atoms with E-state index in [1.54, 1.807) is 32.9 Å². The lowest BCUT2D eigenvalue weighted by atomic mass is 9.74. The van der Waals surface area contributed by atoms with Crippen molar-refractivity contribution < 1.29 is 24.9 Å². The SMILES string of the molecule is C=C1CCC(C)=C2Cc3cc(ccc3O)C(=O)OC(C(C)(C)O)CCC(C)(O)C(Br)CCC12. The van der Waals surface area contributed by atoms with Crippen molar-refractivity contribution in [3.63, 3.8) is 0 Å². The summed E-state index contributed by atoms with van der Waals surface area (Å²) in [6.45, 7) is 11.5. The lowest BCUT2D eigenvalue weighted by Crippen LogP contribution is -2.43. The molecule has 0 spiro atoms. The Labute approximate surface area is 205 Å². The molecule has 3 rings (SSSR count). The fourth-order valence-corrected chi connectivity index (χ4v) is 5.39. The van der Waals surface area contributed by atoms with Gasteiger partial charge in [-0.2, -0.15) is 0 Å². The molecule has 4 atom stereocenters. The fraction of sp³-hybridized carbons (Fsp3) is 0.593. The fourth-order valence-electron chi connectivity index (χ4n) is 4.90. The third kappa shape index (κ3) is 6.09. The van der Waals surface area contributed by atoms with Crippen LogP contribution < -0.4 is 0 Å². The molecule has 0 saturated carbocycles. The van der Waals surface area contributed by atoms with E-state index in [1.807, 2.05) is 0 Å². The highest BCUT2D eigenvalue weighted by atomic mass is 79.9. The van der Waals surface area contributed by atoms with E-state index in [0.717, 1.165) is 25.7 Å². The van der Waals surface area contributed by atoms with Crippen LogP contribution in [0.3, 0.4) is 0 Å². The number of carbonyl (C=O) groups is 1. The molecule has 0 amide bonds. The van der Waals surface area contributed by atoms with E-state index >= 15 is 0 Å². The number of phenols is 1. The Morgan fingerprint density at radius 1 is 1.21 bits per heavy atom. The van der Waals surface area contributed by atoms with Crippen LogP contribution in [-0.2, 0) is 11.2 Å². The second kappa shape index (κ2) is 9.93. The molecule has 4 unspecified atom stereocenters. The van der Waals surface area contributed by atoms with Crippen molar-refractivity contribution in [2.24, 2.45) is 5.92 Å². The molecule has 182 valence electrons. The average Bonchev–Trinajstić information content (AvgIpc) is 2.72. The number of fused-ring (bicyclic) bond motifs is 3. The van der Waals surface area contributed by atoms with E-state index in [2.05, 4.69) is 29.4 Å². The van der Waals surface area contributed by atoms with Crippen molar-refractivity contribution in [1.82, 2.24) is 0 Å². The predicted molar refractivity (Wildman–Crippen MR) is 134 cm³/mol. The van der Waals surface area contributed by atoms with Crippen molar-refractivity contribution in [3.8, 4) is 5.75 Å². The number of allylic oxidation sites excluding steroid dienone is 3. The summed E-state index contributed by atoms with van der Waals surface area (Å²) in [7, 11) is 0. The number of rotatable bonds is 1. The van der Waals surface area contributed by atoms with E-state index in [0.29, 0.717) is 30.4 Å². The zero-order chi connectivity index (χ0) is 24.6. The highest BCUT2D eigenvalue weighted by molar-refractivity contribution is 9.09. The second-order valence-corrected chi connectivity index (χ2v) is 11.6. The van der Waals surface area contributed by atoms with Crippen molar-refractivity contribution in [3.05, 3.63) is 52.6 Å². The standard InChI is InChI=1S/C27H37BrO5/c1-16-6-7-17(2)21-15-19-14-18(8-10-22(19)29)25(30)33-24(26(3,4)31)12-13-27(5,32)23(28)11-9-20(16)21/h8,10,14,20,23-24,29,31-32H,1,6-7,9,11-13,15H2,2-5H3. The van der Waals surface area contributed by atoms with Crippen molar-refractivity contribution in [2.45, 2.75) is 94.8 Å². The van der Waals surface area contributed by atoms with Crippen LogP contribution in [0.4, 0.5) is 0 Å².